The van der Waals surface area contributed by atoms with Gasteiger partial charge in [0.25, 0.3) is 0 Å². The lowest BCUT2D eigenvalue weighted by Crippen LogP contribution is -2.26. The van der Waals surface area contributed by atoms with E-state index in [0.717, 1.165) is 30.4 Å². The van der Waals surface area contributed by atoms with Crippen LogP contribution in [0.4, 0.5) is 5.69 Å². The van der Waals surface area contributed by atoms with Crippen molar-refractivity contribution in [2.75, 3.05) is 31.6 Å². The Bertz CT molecular complexity index is 671. The Hall–Kier alpha value is -2.41. The Morgan fingerprint density at radius 1 is 1.40 bits per heavy atom. The molecular weight excluding hydrogens is 318 g/mol. The molecule has 1 fully saturated rings. The minimum Gasteiger partial charge on any atom is -0.492 e. The van der Waals surface area contributed by atoms with Crippen LogP contribution in [0.1, 0.15) is 26.3 Å². The second-order valence-corrected chi connectivity index (χ2v) is 6.61. The van der Waals surface area contributed by atoms with E-state index in [1.807, 2.05) is 24.3 Å². The lowest BCUT2D eigenvalue weighted by atomic mass is 10.2. The summed E-state index contributed by atoms with van der Waals surface area (Å²) < 4.78 is 7.31. The van der Waals surface area contributed by atoms with Crippen LogP contribution in [0.5, 0.6) is 5.75 Å². The Labute approximate surface area is 148 Å². The Balaban J connectivity index is 1.44. The molecule has 1 saturated heterocycles. The van der Waals surface area contributed by atoms with Crippen molar-refractivity contribution in [1.29, 1.82) is 0 Å². The van der Waals surface area contributed by atoms with E-state index in [0.29, 0.717) is 6.61 Å². The normalized spacial score (nSPS) is 18.9. The second-order valence-electron chi connectivity index (χ2n) is 6.61. The van der Waals surface area contributed by atoms with Crippen molar-refractivity contribution in [3.05, 3.63) is 36.9 Å². The van der Waals surface area contributed by atoms with Crippen molar-refractivity contribution in [3.8, 4) is 5.75 Å². The molecule has 2 heterocycles. The molecule has 0 radical (unpaired) electrons. The number of nitrogens with one attached hydrogen (secondary N) is 1. The maximum atomic E-state index is 12.2. The molecule has 0 bridgehead atoms. The molecule has 0 unspecified atom stereocenters. The predicted molar refractivity (Wildman–Crippen MR) is 95.5 cm³/mol. The van der Waals surface area contributed by atoms with Crippen LogP contribution in [0.2, 0.25) is 0 Å². The highest BCUT2D eigenvalue weighted by Gasteiger charge is 2.18. The first kappa shape index (κ1) is 17.4. The molecule has 7 nitrogen and oxygen atoms in total. The number of aromatic nitrogens is 3. The number of rotatable bonds is 7. The van der Waals surface area contributed by atoms with E-state index in [-0.39, 0.29) is 5.91 Å². The minimum atomic E-state index is -0.415. The van der Waals surface area contributed by atoms with E-state index in [1.165, 1.54) is 30.3 Å². The first-order valence-corrected chi connectivity index (χ1v) is 8.72. The van der Waals surface area contributed by atoms with Gasteiger partial charge in [0.2, 0.25) is 5.91 Å². The van der Waals surface area contributed by atoms with Gasteiger partial charge in [0, 0.05) is 18.8 Å². The zero-order valence-corrected chi connectivity index (χ0v) is 14.8. The maximum Gasteiger partial charge on any atom is 0.249 e. The monoisotopic (exact) mass is 343 g/mol. The number of likely N-dealkylation sites (tertiary alicyclic amines) is 1. The molecule has 1 N–H and O–H groups in total. The Morgan fingerprint density at radius 3 is 2.84 bits per heavy atom. The van der Waals surface area contributed by atoms with Crippen LogP contribution in [0.3, 0.4) is 0 Å². The van der Waals surface area contributed by atoms with E-state index in [1.54, 1.807) is 6.92 Å². The SMILES string of the molecule is C[C@@H]1CCN(CCOc2ccc(NC(=O)[C@H](C)n3cncn3)cc2)C1. The molecule has 3 rings (SSSR count). The molecule has 1 aromatic carbocycles. The molecule has 0 saturated carbocycles. The van der Waals surface area contributed by atoms with Crippen molar-refractivity contribution < 1.29 is 9.53 Å². The summed E-state index contributed by atoms with van der Waals surface area (Å²) in [6.07, 6.45) is 4.22. The number of anilines is 1. The molecular formula is C18H25N5O2. The smallest absolute Gasteiger partial charge is 0.249 e. The highest BCUT2D eigenvalue weighted by Crippen LogP contribution is 2.18. The summed E-state index contributed by atoms with van der Waals surface area (Å²) in [7, 11) is 0. The van der Waals surface area contributed by atoms with Crippen LogP contribution in [-0.4, -0.2) is 51.8 Å². The molecule has 25 heavy (non-hydrogen) atoms. The van der Waals surface area contributed by atoms with E-state index in [4.69, 9.17) is 4.74 Å². The highest BCUT2D eigenvalue weighted by atomic mass is 16.5. The van der Waals surface area contributed by atoms with E-state index >= 15 is 0 Å². The van der Waals surface area contributed by atoms with Gasteiger partial charge in [-0.05, 0) is 50.1 Å². The first-order chi connectivity index (χ1) is 12.1. The topological polar surface area (TPSA) is 72.3 Å². The van der Waals surface area contributed by atoms with Crippen molar-refractivity contribution in [3.63, 3.8) is 0 Å². The number of carbonyl (C=O) groups is 1. The number of nitrogens with zero attached hydrogens (tertiary/aromatic N) is 4. The van der Waals surface area contributed by atoms with Crippen molar-refractivity contribution >= 4 is 11.6 Å². The third kappa shape index (κ3) is 4.79. The minimum absolute atomic E-state index is 0.137. The van der Waals surface area contributed by atoms with Gasteiger partial charge in [-0.1, -0.05) is 6.92 Å². The Kier molecular flexibility index (Phi) is 5.65. The van der Waals surface area contributed by atoms with Crippen LogP contribution >= 0.6 is 0 Å². The molecule has 134 valence electrons. The van der Waals surface area contributed by atoms with Gasteiger partial charge in [-0.15, -0.1) is 0 Å². The number of ether oxygens (including phenoxy) is 1. The molecule has 2 aromatic rings. The molecule has 0 aliphatic carbocycles. The summed E-state index contributed by atoms with van der Waals surface area (Å²) in [6, 6.07) is 7.03. The lowest BCUT2D eigenvalue weighted by Gasteiger charge is -2.16. The Morgan fingerprint density at radius 2 is 2.20 bits per heavy atom. The molecule has 2 atom stereocenters. The molecule has 0 spiro atoms. The second kappa shape index (κ2) is 8.11. The number of amides is 1. The van der Waals surface area contributed by atoms with E-state index < -0.39 is 6.04 Å². The fourth-order valence-corrected chi connectivity index (χ4v) is 2.94. The summed E-state index contributed by atoms with van der Waals surface area (Å²) in [4.78, 5) is 18.5. The van der Waals surface area contributed by atoms with Crippen LogP contribution in [0.25, 0.3) is 0 Å². The van der Waals surface area contributed by atoms with Crippen LogP contribution in [0, 0.1) is 5.92 Å². The quantitative estimate of drug-likeness (QED) is 0.834. The summed E-state index contributed by atoms with van der Waals surface area (Å²) in [6.45, 7) is 8.04. The first-order valence-electron chi connectivity index (χ1n) is 8.72. The molecule has 1 aromatic heterocycles. The van der Waals surface area contributed by atoms with Crippen molar-refractivity contribution in [2.45, 2.75) is 26.3 Å². The third-order valence-corrected chi connectivity index (χ3v) is 4.52. The van der Waals surface area contributed by atoms with Gasteiger partial charge in [-0.25, -0.2) is 9.67 Å². The van der Waals surface area contributed by atoms with Crippen molar-refractivity contribution in [1.82, 2.24) is 19.7 Å². The van der Waals surface area contributed by atoms with Gasteiger partial charge in [0.15, 0.2) is 0 Å². The van der Waals surface area contributed by atoms with E-state index in [9.17, 15) is 4.79 Å². The number of hydrogen-bond acceptors (Lipinski definition) is 5. The standard InChI is InChI=1S/C18H25N5O2/c1-14-7-8-22(11-14)9-10-25-17-5-3-16(4-6-17)21-18(24)15(2)23-13-19-12-20-23/h3-6,12-15H,7-11H2,1-2H3,(H,21,24)/t14-,15+/m1/s1. The van der Waals surface area contributed by atoms with Gasteiger partial charge >= 0.3 is 0 Å². The lowest BCUT2D eigenvalue weighted by molar-refractivity contribution is -0.119. The van der Waals surface area contributed by atoms with Crippen LogP contribution in [0.15, 0.2) is 36.9 Å². The fourth-order valence-electron chi connectivity index (χ4n) is 2.94. The predicted octanol–water partition coefficient (Wildman–Crippen LogP) is 2.20. The van der Waals surface area contributed by atoms with E-state index in [2.05, 4.69) is 27.2 Å². The largest absolute Gasteiger partial charge is 0.492 e. The van der Waals surface area contributed by atoms with Gasteiger partial charge < -0.3 is 10.1 Å². The molecule has 7 heteroatoms. The highest BCUT2D eigenvalue weighted by molar-refractivity contribution is 5.93. The third-order valence-electron chi connectivity index (χ3n) is 4.52. The fraction of sp³-hybridized carbons (Fsp3) is 0.500. The van der Waals surface area contributed by atoms with Crippen molar-refractivity contribution in [2.24, 2.45) is 5.92 Å². The number of benzene rings is 1. The summed E-state index contributed by atoms with van der Waals surface area (Å²) in [5, 5.41) is 6.86. The molecule has 1 aliphatic rings. The summed E-state index contributed by atoms with van der Waals surface area (Å²) >= 11 is 0. The average molecular weight is 343 g/mol. The summed E-state index contributed by atoms with van der Waals surface area (Å²) in [5.41, 5.74) is 0.734. The number of hydrogen-bond donors (Lipinski definition) is 1. The zero-order valence-electron chi connectivity index (χ0n) is 14.8. The van der Waals surface area contributed by atoms with Gasteiger partial charge in [-0.3, -0.25) is 9.69 Å². The van der Waals surface area contributed by atoms with Crippen LogP contribution < -0.4 is 10.1 Å². The van der Waals surface area contributed by atoms with Gasteiger partial charge in [-0.2, -0.15) is 5.10 Å². The number of carbonyl (C=O) groups excluding carboxylic acids is 1. The molecule has 1 amide bonds. The zero-order chi connectivity index (χ0) is 17.6. The van der Waals surface area contributed by atoms with Gasteiger partial charge in [0.1, 0.15) is 31.1 Å². The maximum absolute atomic E-state index is 12.2. The van der Waals surface area contributed by atoms with Crippen LogP contribution in [-0.2, 0) is 4.79 Å². The average Bonchev–Trinajstić information content (AvgIpc) is 3.27. The van der Waals surface area contributed by atoms with Gasteiger partial charge in [0.05, 0.1) is 0 Å². The molecule has 1 aliphatic heterocycles. The summed E-state index contributed by atoms with van der Waals surface area (Å²) in [5.74, 6) is 1.47.